The molecule has 2 N–H and O–H groups in total. The van der Waals surface area contributed by atoms with Gasteiger partial charge in [-0.1, -0.05) is 13.0 Å². The predicted molar refractivity (Wildman–Crippen MR) is 93.3 cm³/mol. The van der Waals surface area contributed by atoms with Gasteiger partial charge in [0.05, 0.1) is 12.3 Å². The molecular weight excluding hydrogens is 340 g/mol. The van der Waals surface area contributed by atoms with Crippen molar-refractivity contribution in [3.8, 4) is 0 Å². The van der Waals surface area contributed by atoms with E-state index in [-0.39, 0.29) is 23.1 Å². The lowest BCUT2D eigenvalue weighted by molar-refractivity contribution is 0.0282. The van der Waals surface area contributed by atoms with Crippen LogP contribution in [0.15, 0.2) is 41.7 Å². The monoisotopic (exact) mass is 364 g/mol. The van der Waals surface area contributed by atoms with E-state index in [1.165, 1.54) is 16.9 Å². The van der Waals surface area contributed by atoms with Gasteiger partial charge in [-0.15, -0.1) is 0 Å². The molecular formula is C17H24N4O3S. The Morgan fingerprint density at radius 1 is 1.32 bits per heavy atom. The highest BCUT2D eigenvalue weighted by molar-refractivity contribution is 7.89. The fraction of sp³-hybridized carbons (Fsp3) is 0.529. The summed E-state index contributed by atoms with van der Waals surface area (Å²) < 4.78 is 30.1. The number of nitrogens with zero attached hydrogens (tertiary/aromatic N) is 3. The van der Waals surface area contributed by atoms with E-state index in [0.717, 1.165) is 12.1 Å². The Hall–Kier alpha value is -1.77. The van der Waals surface area contributed by atoms with Crippen molar-refractivity contribution in [3.63, 3.8) is 0 Å². The smallest absolute Gasteiger partial charge is 0.257 e. The Morgan fingerprint density at radius 3 is 2.76 bits per heavy atom. The van der Waals surface area contributed by atoms with Crippen molar-refractivity contribution in [2.45, 2.75) is 56.3 Å². The van der Waals surface area contributed by atoms with Crippen molar-refractivity contribution < 1.29 is 13.5 Å². The number of pyridine rings is 1. The number of sulfonamides is 1. The van der Waals surface area contributed by atoms with Gasteiger partial charge in [0.25, 0.3) is 10.0 Å². The summed E-state index contributed by atoms with van der Waals surface area (Å²) in [5.41, 5.74) is 0.832. The van der Waals surface area contributed by atoms with Crippen molar-refractivity contribution in [2.75, 3.05) is 0 Å². The second-order valence-corrected chi connectivity index (χ2v) is 8.19. The molecule has 3 rings (SSSR count). The maximum Gasteiger partial charge on any atom is 0.257 e. The quantitative estimate of drug-likeness (QED) is 0.737. The summed E-state index contributed by atoms with van der Waals surface area (Å²) in [7, 11) is -3.69. The molecule has 25 heavy (non-hydrogen) atoms. The summed E-state index contributed by atoms with van der Waals surface area (Å²) in [5, 5.41) is 13.9. The third-order valence-electron chi connectivity index (χ3n) is 4.57. The molecule has 1 fully saturated rings. The summed E-state index contributed by atoms with van der Waals surface area (Å²) in [4.78, 5) is 4.30. The van der Waals surface area contributed by atoms with E-state index >= 15 is 0 Å². The van der Waals surface area contributed by atoms with Gasteiger partial charge in [0.15, 0.2) is 5.03 Å². The summed E-state index contributed by atoms with van der Waals surface area (Å²) >= 11 is 0. The van der Waals surface area contributed by atoms with E-state index in [9.17, 15) is 13.5 Å². The van der Waals surface area contributed by atoms with E-state index in [2.05, 4.69) is 14.8 Å². The first-order valence-corrected chi connectivity index (χ1v) is 10.1. The highest BCUT2D eigenvalue weighted by Gasteiger charge is 2.37. The van der Waals surface area contributed by atoms with Crippen LogP contribution in [0.4, 0.5) is 0 Å². The summed E-state index contributed by atoms with van der Waals surface area (Å²) in [6.07, 6.45) is 5.38. The minimum absolute atomic E-state index is 0.106. The van der Waals surface area contributed by atoms with Crippen LogP contribution in [0, 0.1) is 5.92 Å². The van der Waals surface area contributed by atoms with Gasteiger partial charge in [-0.2, -0.15) is 5.10 Å². The first kappa shape index (κ1) is 18.0. The number of aliphatic hydroxyl groups is 1. The van der Waals surface area contributed by atoms with Crippen molar-refractivity contribution in [1.29, 1.82) is 0 Å². The summed E-state index contributed by atoms with van der Waals surface area (Å²) in [6.45, 7) is 2.53. The zero-order valence-electron chi connectivity index (χ0n) is 14.2. The van der Waals surface area contributed by atoms with Crippen LogP contribution in [0.1, 0.15) is 31.9 Å². The van der Waals surface area contributed by atoms with Crippen molar-refractivity contribution in [2.24, 2.45) is 5.92 Å². The van der Waals surface area contributed by atoms with Crippen LogP contribution in [0.5, 0.6) is 0 Å². The van der Waals surface area contributed by atoms with Crippen LogP contribution in [0.2, 0.25) is 0 Å². The molecule has 0 spiro atoms. The second-order valence-electron chi connectivity index (χ2n) is 6.53. The highest BCUT2D eigenvalue weighted by Crippen LogP contribution is 2.32. The number of hydrogen-bond donors (Lipinski definition) is 2. The van der Waals surface area contributed by atoms with Gasteiger partial charge in [0.2, 0.25) is 0 Å². The molecule has 0 aliphatic heterocycles. The molecule has 1 aliphatic rings. The minimum Gasteiger partial charge on any atom is -0.393 e. The molecule has 1 saturated carbocycles. The van der Waals surface area contributed by atoms with E-state index in [4.69, 9.17) is 0 Å². The Kier molecular flexibility index (Phi) is 5.51. The minimum atomic E-state index is -3.69. The number of hydrogen-bond acceptors (Lipinski definition) is 5. The average Bonchev–Trinajstić information content (AvgIpc) is 3.02. The Morgan fingerprint density at radius 2 is 2.12 bits per heavy atom. The number of aromatic nitrogens is 3. The van der Waals surface area contributed by atoms with Crippen LogP contribution in [-0.4, -0.2) is 40.4 Å². The van der Waals surface area contributed by atoms with Crippen LogP contribution in [0.25, 0.3) is 0 Å². The number of aryl methyl sites for hydroxylation is 1. The SMILES string of the molecule is CCCn1nccc1S(=O)(=O)NC(Cc1ccccn1)C1CC(O)C1. The largest absolute Gasteiger partial charge is 0.393 e. The molecule has 0 aromatic carbocycles. The molecule has 0 amide bonds. The maximum atomic E-state index is 12.9. The molecule has 2 aromatic rings. The third kappa shape index (κ3) is 4.26. The van der Waals surface area contributed by atoms with Crippen molar-refractivity contribution in [1.82, 2.24) is 19.5 Å². The molecule has 0 bridgehead atoms. The topological polar surface area (TPSA) is 97.1 Å². The second kappa shape index (κ2) is 7.63. The van der Waals surface area contributed by atoms with Crippen molar-refractivity contribution >= 4 is 10.0 Å². The van der Waals surface area contributed by atoms with Gasteiger partial charge in [0, 0.05) is 30.9 Å². The van der Waals surface area contributed by atoms with Crippen molar-refractivity contribution in [3.05, 3.63) is 42.4 Å². The molecule has 8 heteroatoms. The molecule has 0 radical (unpaired) electrons. The first-order valence-electron chi connectivity index (χ1n) is 8.61. The number of nitrogens with one attached hydrogen (secondary N) is 1. The zero-order valence-corrected chi connectivity index (χ0v) is 15.1. The highest BCUT2D eigenvalue weighted by atomic mass is 32.2. The molecule has 7 nitrogen and oxygen atoms in total. The molecule has 0 saturated heterocycles. The van der Waals surface area contributed by atoms with E-state index < -0.39 is 10.0 Å². The molecule has 1 aliphatic carbocycles. The molecule has 136 valence electrons. The van der Waals surface area contributed by atoms with Crippen LogP contribution in [-0.2, 0) is 23.0 Å². The molecule has 2 heterocycles. The fourth-order valence-corrected chi connectivity index (χ4v) is 4.65. The lowest BCUT2D eigenvalue weighted by Crippen LogP contribution is -2.48. The molecule has 2 aromatic heterocycles. The number of aliphatic hydroxyl groups excluding tert-OH is 1. The van der Waals surface area contributed by atoms with Gasteiger partial charge in [-0.3, -0.25) is 9.67 Å². The van der Waals surface area contributed by atoms with E-state index in [1.807, 2.05) is 25.1 Å². The lowest BCUT2D eigenvalue weighted by atomic mass is 9.76. The molecule has 1 atom stereocenters. The van der Waals surface area contributed by atoms with Gasteiger partial charge in [-0.25, -0.2) is 13.1 Å². The Labute approximate surface area is 148 Å². The van der Waals surface area contributed by atoms with Gasteiger partial charge >= 0.3 is 0 Å². The zero-order chi connectivity index (χ0) is 17.9. The van der Waals surface area contributed by atoms with Crippen LogP contribution >= 0.6 is 0 Å². The Balaban J connectivity index is 1.80. The summed E-state index contributed by atoms with van der Waals surface area (Å²) in [6, 6.07) is 6.83. The molecule has 1 unspecified atom stereocenters. The normalized spacial score (nSPS) is 21.7. The maximum absolute atomic E-state index is 12.9. The van der Waals surface area contributed by atoms with Crippen LogP contribution in [0.3, 0.4) is 0 Å². The van der Waals surface area contributed by atoms with Gasteiger partial charge in [0.1, 0.15) is 0 Å². The van der Waals surface area contributed by atoms with Gasteiger partial charge < -0.3 is 5.11 Å². The summed E-state index contributed by atoms with van der Waals surface area (Å²) in [5.74, 6) is 0.106. The Bertz CT molecular complexity index is 785. The first-order chi connectivity index (χ1) is 12.0. The standard InChI is InChI=1S/C17H24N4O3S/c1-2-9-21-17(6-8-19-21)25(23,24)20-16(13-10-15(22)11-13)12-14-5-3-4-7-18-14/h3-8,13,15-16,20,22H,2,9-12H2,1H3. The predicted octanol–water partition coefficient (Wildman–Crippen LogP) is 1.35. The van der Waals surface area contributed by atoms with E-state index in [0.29, 0.717) is 25.8 Å². The average molecular weight is 364 g/mol. The van der Waals surface area contributed by atoms with Crippen LogP contribution < -0.4 is 4.72 Å². The fourth-order valence-electron chi connectivity index (χ4n) is 3.20. The van der Waals surface area contributed by atoms with Gasteiger partial charge in [-0.05, 0) is 43.4 Å². The lowest BCUT2D eigenvalue weighted by Gasteiger charge is -2.37. The number of rotatable bonds is 8. The third-order valence-corrected chi connectivity index (χ3v) is 6.08. The van der Waals surface area contributed by atoms with E-state index in [1.54, 1.807) is 6.20 Å².